The Kier molecular flexibility index (Phi) is 3.57. The first-order valence-electron chi connectivity index (χ1n) is 7.47. The van der Waals surface area contributed by atoms with E-state index in [1.165, 1.54) is 0 Å². The molecule has 3 rings (SSSR count). The lowest BCUT2D eigenvalue weighted by Gasteiger charge is -2.16. The van der Waals surface area contributed by atoms with E-state index in [9.17, 15) is 9.59 Å². The van der Waals surface area contributed by atoms with Gasteiger partial charge in [0.1, 0.15) is 6.04 Å². The first-order chi connectivity index (χ1) is 10.0. The molecule has 1 heterocycles. The second-order valence-corrected chi connectivity index (χ2v) is 6.04. The molecule has 0 radical (unpaired) electrons. The van der Waals surface area contributed by atoms with Gasteiger partial charge in [0.05, 0.1) is 0 Å². The molecule has 2 fully saturated rings. The number of carbonyl (C=O) groups excluding carboxylic acids is 2. The summed E-state index contributed by atoms with van der Waals surface area (Å²) in [5.74, 6) is 0.413. The summed E-state index contributed by atoms with van der Waals surface area (Å²) >= 11 is 0. The third-order valence-electron chi connectivity index (χ3n) is 4.21. The molecule has 1 aromatic rings. The Bertz CT molecular complexity index is 581. The zero-order valence-electron chi connectivity index (χ0n) is 12.5. The molecule has 2 amide bonds. The van der Waals surface area contributed by atoms with E-state index in [0.717, 1.165) is 42.7 Å². The zero-order valence-corrected chi connectivity index (χ0v) is 12.5. The second-order valence-electron chi connectivity index (χ2n) is 6.04. The van der Waals surface area contributed by atoms with Crippen molar-refractivity contribution in [3.63, 3.8) is 0 Å². The average molecular weight is 287 g/mol. The molecule has 5 nitrogen and oxygen atoms in total. The Morgan fingerprint density at radius 2 is 2.05 bits per heavy atom. The van der Waals surface area contributed by atoms with E-state index in [4.69, 9.17) is 0 Å². The molecule has 0 bridgehead atoms. The SMILES string of the molecule is Cc1ccc(NC(=O)C2CC2)cc1N[C@H]1CCN(C)C1=O. The Labute approximate surface area is 124 Å². The van der Waals surface area contributed by atoms with Gasteiger partial charge in [-0.15, -0.1) is 0 Å². The Balaban J connectivity index is 1.71. The molecule has 2 N–H and O–H groups in total. The molecule has 1 aromatic carbocycles. The minimum absolute atomic E-state index is 0.0986. The number of aryl methyl sites for hydroxylation is 1. The Hall–Kier alpha value is -2.04. The third-order valence-corrected chi connectivity index (χ3v) is 4.21. The second kappa shape index (κ2) is 5.39. The number of benzene rings is 1. The average Bonchev–Trinajstić information content (AvgIpc) is 3.25. The summed E-state index contributed by atoms with van der Waals surface area (Å²) < 4.78 is 0. The number of hydrogen-bond acceptors (Lipinski definition) is 3. The van der Waals surface area contributed by atoms with Crippen LogP contribution in [0.4, 0.5) is 11.4 Å². The monoisotopic (exact) mass is 287 g/mol. The van der Waals surface area contributed by atoms with Gasteiger partial charge in [0.25, 0.3) is 0 Å². The van der Waals surface area contributed by atoms with Crippen LogP contribution in [0.1, 0.15) is 24.8 Å². The highest BCUT2D eigenvalue weighted by Gasteiger charge is 2.30. The van der Waals surface area contributed by atoms with Crippen LogP contribution in [0.25, 0.3) is 0 Å². The zero-order chi connectivity index (χ0) is 15.0. The van der Waals surface area contributed by atoms with Crippen molar-refractivity contribution in [2.45, 2.75) is 32.2 Å². The smallest absolute Gasteiger partial charge is 0.244 e. The third kappa shape index (κ3) is 3.01. The van der Waals surface area contributed by atoms with Gasteiger partial charge in [-0.3, -0.25) is 9.59 Å². The molecule has 2 aliphatic rings. The van der Waals surface area contributed by atoms with Crippen molar-refractivity contribution in [2.24, 2.45) is 5.92 Å². The topological polar surface area (TPSA) is 61.4 Å². The van der Waals surface area contributed by atoms with Gasteiger partial charge in [0.2, 0.25) is 11.8 Å². The Morgan fingerprint density at radius 3 is 2.67 bits per heavy atom. The fourth-order valence-electron chi connectivity index (χ4n) is 2.59. The summed E-state index contributed by atoms with van der Waals surface area (Å²) in [5.41, 5.74) is 2.78. The fraction of sp³-hybridized carbons (Fsp3) is 0.500. The molecule has 5 heteroatoms. The highest BCUT2D eigenvalue weighted by Crippen LogP contribution is 2.31. The molecule has 0 aromatic heterocycles. The minimum atomic E-state index is -0.164. The maximum absolute atomic E-state index is 12.0. The molecule has 0 spiro atoms. The lowest BCUT2D eigenvalue weighted by molar-refractivity contribution is -0.127. The molecule has 1 aliphatic carbocycles. The highest BCUT2D eigenvalue weighted by molar-refractivity contribution is 5.94. The molecular weight excluding hydrogens is 266 g/mol. The number of amides is 2. The van der Waals surface area contributed by atoms with E-state index in [2.05, 4.69) is 10.6 Å². The quantitative estimate of drug-likeness (QED) is 0.890. The van der Waals surface area contributed by atoms with Crippen LogP contribution >= 0.6 is 0 Å². The summed E-state index contributed by atoms with van der Waals surface area (Å²) in [7, 11) is 1.82. The van der Waals surface area contributed by atoms with Crippen molar-refractivity contribution in [1.82, 2.24) is 4.90 Å². The molecule has 1 aliphatic heterocycles. The number of likely N-dealkylation sites (tertiary alicyclic amines) is 1. The molecule has 112 valence electrons. The summed E-state index contributed by atoms with van der Waals surface area (Å²) in [6, 6.07) is 5.63. The van der Waals surface area contributed by atoms with Crippen LogP contribution in [0.3, 0.4) is 0 Å². The highest BCUT2D eigenvalue weighted by atomic mass is 16.2. The molecule has 1 atom stereocenters. The lowest BCUT2D eigenvalue weighted by atomic mass is 10.1. The van der Waals surface area contributed by atoms with Crippen molar-refractivity contribution in [1.29, 1.82) is 0 Å². The van der Waals surface area contributed by atoms with Crippen LogP contribution in [0.2, 0.25) is 0 Å². The summed E-state index contributed by atoms with van der Waals surface area (Å²) in [4.78, 5) is 25.5. The van der Waals surface area contributed by atoms with E-state index in [1.54, 1.807) is 4.90 Å². The van der Waals surface area contributed by atoms with E-state index in [-0.39, 0.29) is 23.8 Å². The number of likely N-dealkylation sites (N-methyl/N-ethyl adjacent to an activating group) is 1. The lowest BCUT2D eigenvalue weighted by Crippen LogP contribution is -2.31. The summed E-state index contributed by atoms with van der Waals surface area (Å²) in [6.07, 6.45) is 2.80. The van der Waals surface area contributed by atoms with Crippen molar-refractivity contribution >= 4 is 23.2 Å². The van der Waals surface area contributed by atoms with Crippen molar-refractivity contribution in [2.75, 3.05) is 24.2 Å². The van der Waals surface area contributed by atoms with E-state index >= 15 is 0 Å². The number of hydrogen-bond donors (Lipinski definition) is 2. The molecule has 1 saturated heterocycles. The van der Waals surface area contributed by atoms with Gasteiger partial charge in [-0.1, -0.05) is 6.07 Å². The van der Waals surface area contributed by atoms with Crippen LogP contribution in [-0.2, 0) is 9.59 Å². The van der Waals surface area contributed by atoms with Gasteiger partial charge in [-0.25, -0.2) is 0 Å². The van der Waals surface area contributed by atoms with Gasteiger partial charge in [0.15, 0.2) is 0 Å². The predicted octanol–water partition coefficient (Wildman–Crippen LogP) is 1.99. The van der Waals surface area contributed by atoms with Gasteiger partial charge >= 0.3 is 0 Å². The molecule has 1 saturated carbocycles. The van der Waals surface area contributed by atoms with Crippen LogP contribution in [0, 0.1) is 12.8 Å². The summed E-state index contributed by atoms with van der Waals surface area (Å²) in [5, 5.41) is 6.25. The first kappa shape index (κ1) is 13.9. The number of nitrogens with zero attached hydrogens (tertiary/aromatic N) is 1. The predicted molar refractivity (Wildman–Crippen MR) is 82.2 cm³/mol. The summed E-state index contributed by atoms with van der Waals surface area (Å²) in [6.45, 7) is 2.78. The van der Waals surface area contributed by atoms with E-state index in [0.29, 0.717) is 0 Å². The van der Waals surface area contributed by atoms with Crippen molar-refractivity contribution in [3.05, 3.63) is 23.8 Å². The van der Waals surface area contributed by atoms with Gasteiger partial charge < -0.3 is 15.5 Å². The maximum atomic E-state index is 12.0. The number of nitrogens with one attached hydrogen (secondary N) is 2. The standard InChI is InChI=1S/C16H21N3O2/c1-10-3-6-12(17-15(20)11-4-5-11)9-14(10)18-13-7-8-19(2)16(13)21/h3,6,9,11,13,18H,4-5,7-8H2,1-2H3,(H,17,20)/t13-/m0/s1. The van der Waals surface area contributed by atoms with Crippen LogP contribution < -0.4 is 10.6 Å². The van der Waals surface area contributed by atoms with Gasteiger partial charge in [-0.05, 0) is 43.9 Å². The molecular formula is C16H21N3O2. The normalized spacial score (nSPS) is 21.5. The Morgan fingerprint density at radius 1 is 1.29 bits per heavy atom. The number of rotatable bonds is 4. The molecule has 0 unspecified atom stereocenters. The van der Waals surface area contributed by atoms with Crippen LogP contribution in [0.15, 0.2) is 18.2 Å². The maximum Gasteiger partial charge on any atom is 0.244 e. The largest absolute Gasteiger partial charge is 0.373 e. The van der Waals surface area contributed by atoms with Crippen molar-refractivity contribution in [3.8, 4) is 0 Å². The van der Waals surface area contributed by atoms with Crippen LogP contribution in [0.5, 0.6) is 0 Å². The minimum Gasteiger partial charge on any atom is -0.373 e. The van der Waals surface area contributed by atoms with Crippen LogP contribution in [-0.4, -0.2) is 36.3 Å². The van der Waals surface area contributed by atoms with E-state index < -0.39 is 0 Å². The van der Waals surface area contributed by atoms with Gasteiger partial charge in [-0.2, -0.15) is 0 Å². The number of anilines is 2. The molecule has 21 heavy (non-hydrogen) atoms. The van der Waals surface area contributed by atoms with Gasteiger partial charge in [0, 0.05) is 30.9 Å². The van der Waals surface area contributed by atoms with E-state index in [1.807, 2.05) is 32.2 Å². The van der Waals surface area contributed by atoms with Crippen molar-refractivity contribution < 1.29 is 9.59 Å². The fourth-order valence-corrected chi connectivity index (χ4v) is 2.59. The first-order valence-corrected chi connectivity index (χ1v) is 7.47. The number of carbonyl (C=O) groups is 2.